The van der Waals surface area contributed by atoms with Gasteiger partial charge in [-0.15, -0.1) is 0 Å². The first-order valence-corrected chi connectivity index (χ1v) is 7.05. The van der Waals surface area contributed by atoms with Crippen molar-refractivity contribution in [3.63, 3.8) is 0 Å². The maximum absolute atomic E-state index is 11.4. The minimum atomic E-state index is 0.162. The van der Waals surface area contributed by atoms with Gasteiger partial charge in [0.2, 0.25) is 5.78 Å². The monoisotopic (exact) mass is 225 g/mol. The molecule has 0 aliphatic heterocycles. The van der Waals surface area contributed by atoms with Crippen LogP contribution in [0.3, 0.4) is 0 Å². The predicted molar refractivity (Wildman–Crippen MR) is 65.8 cm³/mol. The summed E-state index contributed by atoms with van der Waals surface area (Å²) < 4.78 is 5.45. The zero-order valence-electron chi connectivity index (χ0n) is 9.45. The molecule has 2 nitrogen and oxygen atoms in total. The van der Waals surface area contributed by atoms with E-state index < -0.39 is 0 Å². The SMILES string of the molecule is Cc1ccccc1OCC(=O)C[S+](C)C. The van der Waals surface area contributed by atoms with Gasteiger partial charge < -0.3 is 4.74 Å². The summed E-state index contributed by atoms with van der Waals surface area (Å²) in [6.07, 6.45) is 4.12. The number of hydrogen-bond acceptors (Lipinski definition) is 2. The highest BCUT2D eigenvalue weighted by Crippen LogP contribution is 2.15. The summed E-state index contributed by atoms with van der Waals surface area (Å²) in [5.41, 5.74) is 1.07. The van der Waals surface area contributed by atoms with E-state index in [1.807, 2.05) is 31.2 Å². The number of benzene rings is 1. The van der Waals surface area contributed by atoms with Gasteiger partial charge in [-0.3, -0.25) is 4.79 Å². The van der Waals surface area contributed by atoms with Gasteiger partial charge in [-0.1, -0.05) is 18.2 Å². The molecule has 0 bridgehead atoms. The summed E-state index contributed by atoms with van der Waals surface area (Å²) in [5.74, 6) is 1.59. The molecule has 0 amide bonds. The average Bonchev–Trinajstić information content (AvgIpc) is 2.15. The molecular formula is C12H17O2S+. The quantitative estimate of drug-likeness (QED) is 0.715. The van der Waals surface area contributed by atoms with Gasteiger partial charge in [-0.05, 0) is 29.4 Å². The van der Waals surface area contributed by atoms with Crippen molar-refractivity contribution in [2.24, 2.45) is 0 Å². The first-order valence-electron chi connectivity index (χ1n) is 4.84. The van der Waals surface area contributed by atoms with E-state index in [4.69, 9.17) is 4.74 Å². The highest BCUT2D eigenvalue weighted by atomic mass is 32.2. The molecule has 0 saturated heterocycles. The Morgan fingerprint density at radius 2 is 2.00 bits per heavy atom. The number of rotatable bonds is 5. The molecule has 0 aliphatic rings. The van der Waals surface area contributed by atoms with Gasteiger partial charge in [0.15, 0.2) is 12.4 Å². The van der Waals surface area contributed by atoms with Crippen LogP contribution in [0, 0.1) is 6.92 Å². The second-order valence-corrected chi connectivity index (χ2v) is 5.98. The molecule has 0 radical (unpaired) electrons. The third-order valence-corrected chi connectivity index (χ3v) is 2.83. The van der Waals surface area contributed by atoms with Crippen molar-refractivity contribution < 1.29 is 9.53 Å². The third kappa shape index (κ3) is 4.38. The topological polar surface area (TPSA) is 26.3 Å². The Kier molecular flexibility index (Phi) is 4.69. The molecule has 0 atom stereocenters. The molecule has 0 aromatic heterocycles. The van der Waals surface area contributed by atoms with Crippen LogP contribution in [-0.4, -0.2) is 30.7 Å². The molecule has 0 unspecified atom stereocenters. The molecule has 0 aliphatic carbocycles. The predicted octanol–water partition coefficient (Wildman–Crippen LogP) is 1.82. The number of carbonyl (C=O) groups excluding carboxylic acids is 1. The van der Waals surface area contributed by atoms with Crippen LogP contribution < -0.4 is 4.74 Å². The lowest BCUT2D eigenvalue weighted by atomic mass is 10.2. The van der Waals surface area contributed by atoms with Gasteiger partial charge in [0.25, 0.3) is 0 Å². The smallest absolute Gasteiger partial charge is 0.218 e. The highest BCUT2D eigenvalue weighted by molar-refractivity contribution is 7.96. The molecule has 1 aromatic rings. The summed E-state index contributed by atoms with van der Waals surface area (Å²) in [4.78, 5) is 11.4. The van der Waals surface area contributed by atoms with Crippen LogP contribution in [0.1, 0.15) is 5.56 Å². The summed E-state index contributed by atoms with van der Waals surface area (Å²) >= 11 is 0. The van der Waals surface area contributed by atoms with Crippen LogP contribution >= 0.6 is 0 Å². The fourth-order valence-electron chi connectivity index (χ4n) is 1.24. The Morgan fingerprint density at radius 3 is 2.60 bits per heavy atom. The molecule has 3 heteroatoms. The van der Waals surface area contributed by atoms with E-state index in [1.165, 1.54) is 0 Å². The van der Waals surface area contributed by atoms with Crippen molar-refractivity contribution in [2.45, 2.75) is 6.92 Å². The lowest BCUT2D eigenvalue weighted by Crippen LogP contribution is -2.20. The number of hydrogen-bond donors (Lipinski definition) is 0. The van der Waals surface area contributed by atoms with Crippen LogP contribution in [0.2, 0.25) is 0 Å². The zero-order chi connectivity index (χ0) is 11.3. The number of Topliss-reactive ketones (excluding diaryl/α,β-unsaturated/α-hetero) is 1. The van der Waals surface area contributed by atoms with Gasteiger partial charge in [0.1, 0.15) is 5.75 Å². The van der Waals surface area contributed by atoms with E-state index in [1.54, 1.807) is 0 Å². The molecule has 82 valence electrons. The normalized spacial score (nSPS) is 10.4. The molecule has 0 heterocycles. The second-order valence-electron chi connectivity index (χ2n) is 3.72. The van der Waals surface area contributed by atoms with E-state index in [0.29, 0.717) is 5.75 Å². The first-order chi connectivity index (χ1) is 7.09. The minimum Gasteiger partial charge on any atom is -0.485 e. The molecule has 0 saturated carbocycles. The van der Waals surface area contributed by atoms with Crippen molar-refractivity contribution in [3.8, 4) is 5.75 Å². The molecule has 1 aromatic carbocycles. The highest BCUT2D eigenvalue weighted by Gasteiger charge is 2.12. The fraction of sp³-hybridized carbons (Fsp3) is 0.417. The van der Waals surface area contributed by atoms with Gasteiger partial charge in [-0.2, -0.15) is 0 Å². The molecule has 0 spiro atoms. The van der Waals surface area contributed by atoms with Gasteiger partial charge in [0.05, 0.1) is 12.5 Å². The zero-order valence-corrected chi connectivity index (χ0v) is 10.3. The Hall–Kier alpha value is -0.960. The second kappa shape index (κ2) is 5.81. The van der Waals surface area contributed by atoms with E-state index in [9.17, 15) is 4.79 Å². The molecule has 15 heavy (non-hydrogen) atoms. The molecule has 1 rings (SSSR count). The lowest BCUT2D eigenvalue weighted by molar-refractivity contribution is -0.118. The van der Waals surface area contributed by atoms with E-state index in [2.05, 4.69) is 12.5 Å². The minimum absolute atomic E-state index is 0.162. The van der Waals surface area contributed by atoms with Crippen molar-refractivity contribution in [1.29, 1.82) is 0 Å². The third-order valence-electron chi connectivity index (χ3n) is 1.93. The van der Waals surface area contributed by atoms with Crippen LogP contribution in [0.15, 0.2) is 24.3 Å². The summed E-state index contributed by atoms with van der Waals surface area (Å²) in [6, 6.07) is 7.74. The Labute approximate surface area is 94.0 Å². The number of aryl methyl sites for hydroxylation is 1. The van der Waals surface area contributed by atoms with Gasteiger partial charge >= 0.3 is 0 Å². The number of carbonyl (C=O) groups is 1. The summed E-state index contributed by atoms with van der Waals surface area (Å²) in [7, 11) is 0.162. The fourth-order valence-corrected chi connectivity index (χ4v) is 1.97. The lowest BCUT2D eigenvalue weighted by Gasteiger charge is -2.06. The van der Waals surface area contributed by atoms with Crippen LogP contribution in [0.25, 0.3) is 0 Å². The Bertz CT molecular complexity index is 334. The van der Waals surface area contributed by atoms with Gasteiger partial charge in [0, 0.05) is 0 Å². The number of para-hydroxylation sites is 1. The van der Waals surface area contributed by atoms with E-state index in [-0.39, 0.29) is 23.3 Å². The van der Waals surface area contributed by atoms with Crippen LogP contribution in [0.4, 0.5) is 0 Å². The van der Waals surface area contributed by atoms with Crippen LogP contribution in [0.5, 0.6) is 5.75 Å². The molecule has 0 N–H and O–H groups in total. The summed E-state index contributed by atoms with van der Waals surface area (Å²) in [6.45, 7) is 2.17. The molecular weight excluding hydrogens is 208 g/mol. The number of ether oxygens (including phenoxy) is 1. The Morgan fingerprint density at radius 1 is 1.33 bits per heavy atom. The number of ketones is 1. The maximum Gasteiger partial charge on any atom is 0.218 e. The largest absolute Gasteiger partial charge is 0.485 e. The summed E-state index contributed by atoms with van der Waals surface area (Å²) in [5, 5.41) is 0. The maximum atomic E-state index is 11.4. The van der Waals surface area contributed by atoms with E-state index in [0.717, 1.165) is 11.3 Å². The average molecular weight is 225 g/mol. The van der Waals surface area contributed by atoms with E-state index >= 15 is 0 Å². The van der Waals surface area contributed by atoms with Crippen molar-refractivity contribution in [2.75, 3.05) is 24.9 Å². The van der Waals surface area contributed by atoms with Crippen molar-refractivity contribution in [3.05, 3.63) is 29.8 Å². The Balaban J connectivity index is 2.44. The van der Waals surface area contributed by atoms with Crippen LogP contribution in [-0.2, 0) is 15.7 Å². The molecule has 0 fully saturated rings. The first kappa shape index (κ1) is 12.1. The van der Waals surface area contributed by atoms with Crippen molar-refractivity contribution in [1.82, 2.24) is 0 Å². The standard InChI is InChI=1S/C12H17O2S/c1-10-6-4-5-7-12(10)14-8-11(13)9-15(2)3/h4-7H,8-9H2,1-3H3/q+1. The van der Waals surface area contributed by atoms with Gasteiger partial charge in [-0.25, -0.2) is 0 Å². The van der Waals surface area contributed by atoms with Crippen molar-refractivity contribution >= 4 is 16.7 Å².